The van der Waals surface area contributed by atoms with Gasteiger partial charge in [-0.2, -0.15) is 0 Å². The van der Waals surface area contributed by atoms with Gasteiger partial charge in [-0.3, -0.25) is 4.57 Å². The van der Waals surface area contributed by atoms with E-state index in [0.717, 1.165) is 4.57 Å². The summed E-state index contributed by atoms with van der Waals surface area (Å²) in [6.45, 7) is 0. The maximum atomic E-state index is 11.0. The Kier molecular flexibility index (Phi) is 2.55. The van der Waals surface area contributed by atoms with E-state index in [1.165, 1.54) is 12.4 Å². The Morgan fingerprint density at radius 2 is 2.54 bits per heavy atom. The molecule has 0 radical (unpaired) electrons. The molecule has 1 heterocycles. The zero-order chi connectivity index (χ0) is 9.84. The van der Waals surface area contributed by atoms with Crippen molar-refractivity contribution < 1.29 is 9.90 Å². The number of carboxylic acid groups (broad SMARTS) is 1. The number of nitrogens with zero attached hydrogens (tertiary/aromatic N) is 1. The molecular weight excluding hydrogens is 172 g/mol. The summed E-state index contributed by atoms with van der Waals surface area (Å²) in [6, 6.07) is -0.983. The molecule has 68 valence electrons. The van der Waals surface area contributed by atoms with Gasteiger partial charge in [-0.25, -0.2) is 9.59 Å². The predicted molar refractivity (Wildman–Crippen MR) is 45.2 cm³/mol. The van der Waals surface area contributed by atoms with Gasteiger partial charge in [0.15, 0.2) is 0 Å². The second-order valence-electron chi connectivity index (χ2n) is 2.43. The quantitative estimate of drug-likeness (QED) is 0.634. The van der Waals surface area contributed by atoms with Gasteiger partial charge in [0.25, 0.3) is 0 Å². The Labute approximate surface area is 74.0 Å². The lowest BCUT2D eigenvalue weighted by molar-refractivity contribution is -0.140. The Hall–Kier alpha value is -1.96. The molecule has 1 aromatic heterocycles. The number of H-pyrrole nitrogens is 1. The SMILES string of the molecule is C#CCC(C(=O)O)n1cc[nH]c1=O. The summed E-state index contributed by atoms with van der Waals surface area (Å²) in [7, 11) is 0. The van der Waals surface area contributed by atoms with Crippen LogP contribution in [-0.2, 0) is 4.79 Å². The molecule has 0 fully saturated rings. The summed E-state index contributed by atoms with van der Waals surface area (Å²) >= 11 is 0. The third-order valence-corrected chi connectivity index (χ3v) is 1.61. The Balaban J connectivity index is 3.03. The van der Waals surface area contributed by atoms with Crippen molar-refractivity contribution in [2.24, 2.45) is 0 Å². The number of carboxylic acids is 1. The monoisotopic (exact) mass is 180 g/mol. The van der Waals surface area contributed by atoms with Gasteiger partial charge in [0.1, 0.15) is 6.04 Å². The van der Waals surface area contributed by atoms with E-state index in [1.54, 1.807) is 0 Å². The molecule has 5 heteroatoms. The lowest BCUT2D eigenvalue weighted by atomic mass is 10.2. The summed E-state index contributed by atoms with van der Waals surface area (Å²) < 4.78 is 1.06. The minimum absolute atomic E-state index is 0.00685. The van der Waals surface area contributed by atoms with E-state index in [0.29, 0.717) is 0 Å². The van der Waals surface area contributed by atoms with Crippen molar-refractivity contribution in [2.45, 2.75) is 12.5 Å². The zero-order valence-electron chi connectivity index (χ0n) is 6.73. The molecule has 1 atom stereocenters. The average molecular weight is 180 g/mol. The second-order valence-corrected chi connectivity index (χ2v) is 2.43. The van der Waals surface area contributed by atoms with Crippen LogP contribution < -0.4 is 5.69 Å². The number of terminal acetylenes is 1. The average Bonchev–Trinajstić information content (AvgIpc) is 2.47. The van der Waals surface area contributed by atoms with Crippen LogP contribution in [0.4, 0.5) is 0 Å². The fourth-order valence-corrected chi connectivity index (χ4v) is 0.993. The summed E-state index contributed by atoms with van der Waals surface area (Å²) in [4.78, 5) is 24.0. The van der Waals surface area contributed by atoms with E-state index in [2.05, 4.69) is 10.9 Å². The van der Waals surface area contributed by atoms with Crippen LogP contribution in [0.1, 0.15) is 12.5 Å². The number of aromatic amines is 1. The van der Waals surface area contributed by atoms with E-state index in [-0.39, 0.29) is 6.42 Å². The standard InChI is InChI=1S/C8H8N2O3/c1-2-3-6(7(11)12)10-5-4-9-8(10)13/h1,4-6H,3H2,(H,9,13)(H,11,12). The van der Waals surface area contributed by atoms with Crippen LogP contribution in [0.25, 0.3) is 0 Å². The van der Waals surface area contributed by atoms with Crippen LogP contribution >= 0.6 is 0 Å². The summed E-state index contributed by atoms with van der Waals surface area (Å²) in [5.74, 6) is 1.10. The van der Waals surface area contributed by atoms with Gasteiger partial charge < -0.3 is 10.1 Å². The minimum Gasteiger partial charge on any atom is -0.480 e. The molecule has 0 aromatic carbocycles. The summed E-state index contributed by atoms with van der Waals surface area (Å²) in [5, 5.41) is 8.73. The number of aromatic nitrogens is 2. The highest BCUT2D eigenvalue weighted by Gasteiger charge is 2.19. The number of nitrogens with one attached hydrogen (secondary N) is 1. The normalized spacial score (nSPS) is 11.9. The van der Waals surface area contributed by atoms with Crippen LogP contribution in [0.3, 0.4) is 0 Å². The fraction of sp³-hybridized carbons (Fsp3) is 0.250. The van der Waals surface area contributed by atoms with Crippen LogP contribution in [0, 0.1) is 12.3 Å². The first kappa shape index (κ1) is 9.13. The molecule has 0 aliphatic rings. The highest BCUT2D eigenvalue weighted by atomic mass is 16.4. The Morgan fingerprint density at radius 3 is 2.92 bits per heavy atom. The van der Waals surface area contributed by atoms with E-state index in [4.69, 9.17) is 11.5 Å². The van der Waals surface area contributed by atoms with Crippen molar-refractivity contribution in [3.8, 4) is 12.3 Å². The maximum Gasteiger partial charge on any atom is 0.327 e. The molecule has 0 spiro atoms. The van der Waals surface area contributed by atoms with Crippen LogP contribution in [-0.4, -0.2) is 20.6 Å². The molecule has 2 N–H and O–H groups in total. The van der Waals surface area contributed by atoms with Crippen molar-refractivity contribution in [1.82, 2.24) is 9.55 Å². The number of rotatable bonds is 3. The fourth-order valence-electron chi connectivity index (χ4n) is 0.993. The largest absolute Gasteiger partial charge is 0.480 e. The van der Waals surface area contributed by atoms with Crippen LogP contribution in [0.2, 0.25) is 0 Å². The van der Waals surface area contributed by atoms with Crippen molar-refractivity contribution in [1.29, 1.82) is 0 Å². The van der Waals surface area contributed by atoms with E-state index < -0.39 is 17.7 Å². The summed E-state index contributed by atoms with van der Waals surface area (Å²) in [5.41, 5.74) is -0.470. The number of hydrogen-bond acceptors (Lipinski definition) is 2. The lowest BCUT2D eigenvalue weighted by Crippen LogP contribution is -2.27. The highest BCUT2D eigenvalue weighted by molar-refractivity contribution is 5.72. The molecule has 5 nitrogen and oxygen atoms in total. The van der Waals surface area contributed by atoms with Gasteiger partial charge in [-0.05, 0) is 0 Å². The highest BCUT2D eigenvalue weighted by Crippen LogP contribution is 2.07. The molecule has 0 saturated heterocycles. The van der Waals surface area contributed by atoms with Crippen molar-refractivity contribution in [2.75, 3.05) is 0 Å². The number of carbonyl (C=O) groups is 1. The molecule has 0 amide bonds. The van der Waals surface area contributed by atoms with Gasteiger partial charge in [-0.15, -0.1) is 12.3 Å². The van der Waals surface area contributed by atoms with Crippen LogP contribution in [0.15, 0.2) is 17.2 Å². The second kappa shape index (κ2) is 3.63. The van der Waals surface area contributed by atoms with E-state index >= 15 is 0 Å². The van der Waals surface area contributed by atoms with Gasteiger partial charge in [0.2, 0.25) is 0 Å². The van der Waals surface area contributed by atoms with E-state index in [9.17, 15) is 9.59 Å². The Morgan fingerprint density at radius 1 is 1.85 bits per heavy atom. The first-order chi connectivity index (χ1) is 6.16. The molecular formula is C8H8N2O3. The summed E-state index contributed by atoms with van der Waals surface area (Å²) in [6.07, 6.45) is 7.71. The first-order valence-electron chi connectivity index (χ1n) is 3.58. The predicted octanol–water partition coefficient (Wildman–Crippen LogP) is -0.175. The van der Waals surface area contributed by atoms with Crippen molar-refractivity contribution in [3.63, 3.8) is 0 Å². The third-order valence-electron chi connectivity index (χ3n) is 1.61. The van der Waals surface area contributed by atoms with E-state index in [1.807, 2.05) is 0 Å². The number of hydrogen-bond donors (Lipinski definition) is 2. The molecule has 0 bridgehead atoms. The number of imidazole rings is 1. The molecule has 0 aliphatic heterocycles. The van der Waals surface area contributed by atoms with Gasteiger partial charge in [0.05, 0.1) is 0 Å². The van der Waals surface area contributed by atoms with Gasteiger partial charge >= 0.3 is 11.7 Å². The van der Waals surface area contributed by atoms with Crippen molar-refractivity contribution in [3.05, 3.63) is 22.9 Å². The molecule has 13 heavy (non-hydrogen) atoms. The van der Waals surface area contributed by atoms with Crippen molar-refractivity contribution >= 4 is 5.97 Å². The molecule has 1 unspecified atom stereocenters. The topological polar surface area (TPSA) is 75.1 Å². The maximum absolute atomic E-state index is 11.0. The molecule has 1 aromatic rings. The molecule has 0 aliphatic carbocycles. The molecule has 1 rings (SSSR count). The first-order valence-corrected chi connectivity index (χ1v) is 3.58. The molecule has 0 saturated carbocycles. The van der Waals surface area contributed by atoms with Crippen LogP contribution in [0.5, 0.6) is 0 Å². The minimum atomic E-state index is -1.11. The Bertz CT molecular complexity index is 396. The van der Waals surface area contributed by atoms with Gasteiger partial charge in [0, 0.05) is 18.8 Å². The smallest absolute Gasteiger partial charge is 0.327 e. The zero-order valence-corrected chi connectivity index (χ0v) is 6.73. The lowest BCUT2D eigenvalue weighted by Gasteiger charge is -2.08. The third kappa shape index (κ3) is 1.79. The van der Waals surface area contributed by atoms with Gasteiger partial charge in [-0.1, -0.05) is 0 Å². The number of aliphatic carboxylic acids is 1.